The van der Waals surface area contributed by atoms with Gasteiger partial charge in [0.2, 0.25) is 0 Å². The summed E-state index contributed by atoms with van der Waals surface area (Å²) in [5, 5.41) is 0.737. The van der Waals surface area contributed by atoms with Gasteiger partial charge in [0.15, 0.2) is 0 Å². The summed E-state index contributed by atoms with van der Waals surface area (Å²) in [7, 11) is -0.0451. The number of fused-ring (bicyclic) bond motifs is 1. The smallest absolute Gasteiger partial charge is 0.304 e. The number of carbonyl (C=O) groups excluding carboxylic acids is 1. The van der Waals surface area contributed by atoms with E-state index in [4.69, 9.17) is 0 Å². The van der Waals surface area contributed by atoms with Gasteiger partial charge in [-0.3, -0.25) is 4.79 Å². The Hall–Kier alpha value is -1.90. The van der Waals surface area contributed by atoms with Crippen LogP contribution in [0, 0.1) is 0 Å². The molecule has 0 bridgehead atoms. The minimum absolute atomic E-state index is 0.362. The van der Waals surface area contributed by atoms with Crippen LogP contribution in [-0.2, 0) is 17.3 Å². The maximum absolute atomic E-state index is 12.5. The highest BCUT2D eigenvalue weighted by Gasteiger charge is 2.28. The number of likely N-dealkylation sites (N-methyl/N-ethyl adjacent to an activating group) is 1. The number of amides is 1. The zero-order valence-electron chi connectivity index (χ0n) is 13.2. The molecule has 1 saturated heterocycles. The molecule has 0 atom stereocenters. The molecular weight excluding hydrogens is 316 g/mol. The van der Waals surface area contributed by atoms with E-state index in [1.807, 2.05) is 42.9 Å². The van der Waals surface area contributed by atoms with Gasteiger partial charge in [0.1, 0.15) is 0 Å². The van der Waals surface area contributed by atoms with Crippen molar-refractivity contribution in [3.8, 4) is 0 Å². The largest absolute Gasteiger partial charge is 0.350 e. The van der Waals surface area contributed by atoms with Crippen molar-refractivity contribution in [2.75, 3.05) is 33.2 Å². The third-order valence-corrected chi connectivity index (χ3v) is 5.65. The number of rotatable bonds is 3. The maximum atomic E-state index is 12.5. The molecule has 2 aromatic rings. The fourth-order valence-corrected chi connectivity index (χ4v) is 3.91. The van der Waals surface area contributed by atoms with E-state index in [1.165, 1.54) is 4.31 Å². The summed E-state index contributed by atoms with van der Waals surface area (Å²) in [6.07, 6.45) is 1.65. The first-order valence-electron chi connectivity index (χ1n) is 7.43. The number of aromatic nitrogens is 1. The Labute approximate surface area is 135 Å². The number of nitrogens with zero attached hydrogens (tertiary/aromatic N) is 3. The Balaban J connectivity index is 1.83. The second-order valence-corrected chi connectivity index (χ2v) is 7.48. The van der Waals surface area contributed by atoms with Crippen molar-refractivity contribution in [1.82, 2.24) is 18.5 Å². The Kier molecular flexibility index (Phi) is 4.13. The zero-order valence-corrected chi connectivity index (χ0v) is 14.0. The van der Waals surface area contributed by atoms with E-state index < -0.39 is 16.1 Å². The number of carbonyl (C=O) groups is 1. The average molecular weight is 336 g/mol. The molecule has 1 fully saturated rings. The third kappa shape index (κ3) is 3.10. The molecule has 1 aromatic heterocycles. The van der Waals surface area contributed by atoms with Crippen LogP contribution in [-0.4, -0.2) is 61.3 Å². The summed E-state index contributed by atoms with van der Waals surface area (Å²) >= 11 is 0. The van der Waals surface area contributed by atoms with Crippen LogP contribution in [0.3, 0.4) is 0 Å². The van der Waals surface area contributed by atoms with Crippen LogP contribution in [0.5, 0.6) is 0 Å². The number of hydrogen-bond acceptors (Lipinski definition) is 4. The SMILES string of the molecule is CN1CCN(S(=O)(=O)NC(=O)c2cn(C)c3ccccc23)CC1. The van der Waals surface area contributed by atoms with Crippen LogP contribution in [0.25, 0.3) is 10.9 Å². The maximum Gasteiger partial charge on any atom is 0.304 e. The van der Waals surface area contributed by atoms with Gasteiger partial charge in [0, 0.05) is 50.3 Å². The van der Waals surface area contributed by atoms with Crippen molar-refractivity contribution in [3.05, 3.63) is 36.0 Å². The lowest BCUT2D eigenvalue weighted by molar-refractivity contribution is 0.0979. The summed E-state index contributed by atoms with van der Waals surface area (Å²) in [6.45, 7) is 2.08. The molecule has 0 unspecified atom stereocenters. The standard InChI is InChI=1S/C15H20N4O3S/c1-17-7-9-19(10-8-17)23(21,22)16-15(20)13-11-18(2)14-6-4-3-5-12(13)14/h3-6,11H,7-10H2,1-2H3,(H,16,20). The minimum atomic E-state index is -3.82. The van der Waals surface area contributed by atoms with Crippen LogP contribution < -0.4 is 4.72 Å². The molecule has 0 saturated carbocycles. The monoisotopic (exact) mass is 336 g/mol. The van der Waals surface area contributed by atoms with Crippen molar-refractivity contribution in [2.45, 2.75) is 0 Å². The molecule has 1 aliphatic rings. The van der Waals surface area contributed by atoms with E-state index >= 15 is 0 Å². The van der Waals surface area contributed by atoms with Gasteiger partial charge in [-0.1, -0.05) is 18.2 Å². The average Bonchev–Trinajstić information content (AvgIpc) is 2.85. The molecule has 1 aromatic carbocycles. The Morgan fingerprint density at radius 1 is 1.09 bits per heavy atom. The fourth-order valence-electron chi connectivity index (χ4n) is 2.79. The summed E-state index contributed by atoms with van der Waals surface area (Å²) in [5.41, 5.74) is 1.25. The molecule has 0 aliphatic carbocycles. The predicted molar refractivity (Wildman–Crippen MR) is 88.4 cm³/mol. The van der Waals surface area contributed by atoms with Gasteiger partial charge in [-0.15, -0.1) is 0 Å². The molecule has 0 radical (unpaired) electrons. The van der Waals surface area contributed by atoms with E-state index in [-0.39, 0.29) is 0 Å². The quantitative estimate of drug-likeness (QED) is 0.880. The first-order valence-corrected chi connectivity index (χ1v) is 8.87. The topological polar surface area (TPSA) is 74.7 Å². The summed E-state index contributed by atoms with van der Waals surface area (Å²) in [6, 6.07) is 7.41. The van der Waals surface area contributed by atoms with Crippen molar-refractivity contribution in [2.24, 2.45) is 7.05 Å². The van der Waals surface area contributed by atoms with Crippen molar-refractivity contribution in [1.29, 1.82) is 0 Å². The molecule has 2 heterocycles. The van der Waals surface area contributed by atoms with Crippen molar-refractivity contribution >= 4 is 27.0 Å². The number of piperazine rings is 1. The minimum Gasteiger partial charge on any atom is -0.350 e. The first-order chi connectivity index (χ1) is 10.9. The third-order valence-electron chi connectivity index (χ3n) is 4.17. The Morgan fingerprint density at radius 2 is 1.74 bits per heavy atom. The van der Waals surface area contributed by atoms with Gasteiger partial charge in [-0.25, -0.2) is 4.72 Å². The molecule has 7 nitrogen and oxygen atoms in total. The number of hydrogen-bond donors (Lipinski definition) is 1. The summed E-state index contributed by atoms with van der Waals surface area (Å²) < 4.78 is 30.1. The molecule has 1 aliphatic heterocycles. The Morgan fingerprint density at radius 3 is 2.43 bits per heavy atom. The number of nitrogens with one attached hydrogen (secondary N) is 1. The van der Waals surface area contributed by atoms with Crippen molar-refractivity contribution < 1.29 is 13.2 Å². The lowest BCUT2D eigenvalue weighted by atomic mass is 10.2. The normalized spacial score (nSPS) is 17.5. The predicted octanol–water partition coefficient (Wildman–Crippen LogP) is 0.400. The van der Waals surface area contributed by atoms with E-state index in [1.54, 1.807) is 6.20 Å². The number of para-hydroxylation sites is 1. The number of benzene rings is 1. The van der Waals surface area contributed by atoms with Crippen LogP contribution in [0.1, 0.15) is 10.4 Å². The lowest BCUT2D eigenvalue weighted by Crippen LogP contribution is -2.51. The molecule has 124 valence electrons. The van der Waals surface area contributed by atoms with Gasteiger partial charge in [-0.2, -0.15) is 12.7 Å². The van der Waals surface area contributed by atoms with Gasteiger partial charge < -0.3 is 9.47 Å². The molecule has 8 heteroatoms. The molecular formula is C15H20N4O3S. The molecule has 1 amide bonds. The highest BCUT2D eigenvalue weighted by Crippen LogP contribution is 2.20. The van der Waals surface area contributed by atoms with Crippen LogP contribution in [0.4, 0.5) is 0 Å². The van der Waals surface area contributed by atoms with Crippen LogP contribution in [0.2, 0.25) is 0 Å². The van der Waals surface area contributed by atoms with Crippen LogP contribution in [0.15, 0.2) is 30.5 Å². The van der Waals surface area contributed by atoms with Gasteiger partial charge >= 0.3 is 10.2 Å². The summed E-state index contributed by atoms with van der Waals surface area (Å²) in [5.74, 6) is -0.597. The van der Waals surface area contributed by atoms with E-state index in [9.17, 15) is 13.2 Å². The Bertz CT molecular complexity index is 836. The molecule has 0 spiro atoms. The highest BCUT2D eigenvalue weighted by molar-refractivity contribution is 7.87. The second-order valence-electron chi connectivity index (χ2n) is 5.81. The van der Waals surface area contributed by atoms with Crippen LogP contribution >= 0.6 is 0 Å². The second kappa shape index (κ2) is 5.95. The summed E-state index contributed by atoms with van der Waals surface area (Å²) in [4.78, 5) is 14.5. The van der Waals surface area contributed by atoms with Gasteiger partial charge in [0.25, 0.3) is 5.91 Å². The van der Waals surface area contributed by atoms with E-state index in [2.05, 4.69) is 9.62 Å². The molecule has 3 rings (SSSR count). The fraction of sp³-hybridized carbons (Fsp3) is 0.400. The van der Waals surface area contributed by atoms with Crippen molar-refractivity contribution in [3.63, 3.8) is 0 Å². The molecule has 1 N–H and O–H groups in total. The highest BCUT2D eigenvalue weighted by atomic mass is 32.2. The zero-order chi connectivity index (χ0) is 16.6. The van der Waals surface area contributed by atoms with E-state index in [0.717, 1.165) is 10.9 Å². The first kappa shape index (κ1) is 16.0. The molecule has 23 heavy (non-hydrogen) atoms. The van der Waals surface area contributed by atoms with Gasteiger partial charge in [-0.05, 0) is 13.1 Å². The number of aryl methyl sites for hydroxylation is 1. The lowest BCUT2D eigenvalue weighted by Gasteiger charge is -2.31. The van der Waals surface area contributed by atoms with Gasteiger partial charge in [0.05, 0.1) is 5.56 Å². The van der Waals surface area contributed by atoms with E-state index in [0.29, 0.717) is 31.7 Å².